The van der Waals surface area contributed by atoms with Crippen molar-refractivity contribution >= 4 is 30.8 Å². The Morgan fingerprint density at radius 2 is 1.86 bits per heavy atom. The van der Waals surface area contributed by atoms with Crippen molar-refractivity contribution in [3.05, 3.63) is 65.0 Å². The minimum Gasteiger partial charge on any atom is -0.491 e. The van der Waals surface area contributed by atoms with Gasteiger partial charge in [0.25, 0.3) is 0 Å². The molecule has 2 N–H and O–H groups in total. The summed E-state index contributed by atoms with van der Waals surface area (Å²) in [7, 11) is -7.35. The number of sulfonamides is 1. The molecular weight excluding hydrogens is 582 g/mol. The third kappa shape index (κ3) is 6.41. The maximum atomic E-state index is 13.6. The molecule has 2 aromatic carbocycles. The van der Waals surface area contributed by atoms with Gasteiger partial charge in [0, 0.05) is 50.1 Å². The lowest BCUT2D eigenvalue weighted by Crippen LogP contribution is -2.47. The van der Waals surface area contributed by atoms with Gasteiger partial charge in [0.2, 0.25) is 15.5 Å². The van der Waals surface area contributed by atoms with Crippen LogP contribution >= 0.6 is 0 Å². The van der Waals surface area contributed by atoms with Crippen molar-refractivity contribution in [2.24, 2.45) is 0 Å². The number of aliphatic hydroxyl groups excluding tert-OH is 1. The molecule has 2 aliphatic heterocycles. The second-order valence-electron chi connectivity index (χ2n) is 11.0. The van der Waals surface area contributed by atoms with Crippen molar-refractivity contribution in [1.29, 1.82) is 0 Å². The van der Waals surface area contributed by atoms with E-state index in [2.05, 4.69) is 5.32 Å². The molecule has 228 valence electrons. The smallest absolute Gasteiger partial charge is 0.248 e. The van der Waals surface area contributed by atoms with Gasteiger partial charge in [0.15, 0.2) is 9.84 Å². The third-order valence-electron chi connectivity index (χ3n) is 8.07. The summed E-state index contributed by atoms with van der Waals surface area (Å²) in [6.07, 6.45) is 3.42. The molecule has 0 amide bonds. The van der Waals surface area contributed by atoms with E-state index in [1.807, 2.05) is 19.1 Å². The zero-order valence-corrected chi connectivity index (χ0v) is 25.4. The number of benzene rings is 2. The summed E-state index contributed by atoms with van der Waals surface area (Å²) in [5.74, 6) is 0.360. The number of aliphatic hydroxyl groups is 1. The van der Waals surface area contributed by atoms with Gasteiger partial charge in [-0.2, -0.15) is 4.31 Å². The zero-order valence-electron chi connectivity index (χ0n) is 23.7. The maximum absolute atomic E-state index is 13.6. The minimum atomic E-state index is -3.99. The van der Waals surface area contributed by atoms with Crippen LogP contribution in [0.3, 0.4) is 0 Å². The molecule has 3 heterocycles. The van der Waals surface area contributed by atoms with Crippen molar-refractivity contribution in [2.75, 3.05) is 39.1 Å². The van der Waals surface area contributed by atoms with Gasteiger partial charge in [-0.3, -0.25) is 4.79 Å². The number of aromatic nitrogens is 1. The summed E-state index contributed by atoms with van der Waals surface area (Å²) in [4.78, 5) is 13.1. The highest BCUT2D eigenvalue weighted by Gasteiger charge is 2.45. The number of piperidine rings is 1. The summed E-state index contributed by atoms with van der Waals surface area (Å²) in [5, 5.41) is 14.1. The Labute approximate surface area is 246 Å². The highest BCUT2D eigenvalue weighted by Crippen LogP contribution is 2.37. The van der Waals surface area contributed by atoms with Gasteiger partial charge in [-0.15, -0.1) is 0 Å². The van der Waals surface area contributed by atoms with Gasteiger partial charge >= 0.3 is 0 Å². The molecule has 0 aliphatic carbocycles. The van der Waals surface area contributed by atoms with E-state index in [0.717, 1.165) is 6.26 Å². The molecule has 2 atom stereocenters. The van der Waals surface area contributed by atoms with Crippen LogP contribution in [0.2, 0.25) is 0 Å². The number of nitrogens with one attached hydrogen (secondary N) is 1. The summed E-state index contributed by atoms with van der Waals surface area (Å²) < 4.78 is 65.6. The first-order valence-corrected chi connectivity index (χ1v) is 17.4. The Morgan fingerprint density at radius 1 is 1.12 bits per heavy atom. The molecule has 5 rings (SSSR count). The van der Waals surface area contributed by atoms with Gasteiger partial charge in [0.05, 0.1) is 22.6 Å². The first kappa shape index (κ1) is 30.6. The monoisotopic (exact) mass is 619 g/mol. The van der Waals surface area contributed by atoms with Crippen LogP contribution in [0, 0.1) is 0 Å². The normalized spacial score (nSPS) is 20.2. The van der Waals surface area contributed by atoms with Crippen LogP contribution in [0.25, 0.3) is 10.9 Å². The number of aryl methyl sites for hydroxylation is 1. The summed E-state index contributed by atoms with van der Waals surface area (Å²) in [6, 6.07) is 13.2. The second kappa shape index (κ2) is 12.1. The quantitative estimate of drug-likeness (QED) is 0.347. The molecule has 2 fully saturated rings. The van der Waals surface area contributed by atoms with Gasteiger partial charge in [-0.1, -0.05) is 18.2 Å². The maximum Gasteiger partial charge on any atom is 0.248 e. The van der Waals surface area contributed by atoms with E-state index in [9.17, 15) is 26.7 Å². The average Bonchev–Trinajstić information content (AvgIpc) is 3.37. The van der Waals surface area contributed by atoms with E-state index < -0.39 is 37.0 Å². The lowest BCUT2D eigenvalue weighted by Gasteiger charge is -2.38. The second-order valence-corrected chi connectivity index (χ2v) is 15.0. The lowest BCUT2D eigenvalue weighted by molar-refractivity contribution is -0.0312. The summed E-state index contributed by atoms with van der Waals surface area (Å²) in [6.45, 7) is 3.61. The number of fused-ring (bicyclic) bond motifs is 1. The van der Waals surface area contributed by atoms with Crippen LogP contribution in [0.15, 0.2) is 69.3 Å². The van der Waals surface area contributed by atoms with Crippen molar-refractivity contribution in [2.45, 2.75) is 60.3 Å². The van der Waals surface area contributed by atoms with Crippen LogP contribution in [-0.2, 0) is 31.1 Å². The molecule has 0 radical (unpaired) electrons. The SMILES string of the molecule is CCn1cc(S(=O)(=O)N2CCC3(CC2)C[C@H](NC[C@H](O)COc2cccc(S(C)(=O)=O)c2)CO3)c(=O)c2ccccc21. The van der Waals surface area contributed by atoms with E-state index in [1.54, 1.807) is 28.8 Å². The Morgan fingerprint density at radius 3 is 2.57 bits per heavy atom. The Hall–Kier alpha value is -2.81. The van der Waals surface area contributed by atoms with Crippen LogP contribution in [0.1, 0.15) is 26.2 Å². The molecule has 13 heteroatoms. The largest absolute Gasteiger partial charge is 0.491 e. The molecule has 0 unspecified atom stereocenters. The number of hydrogen-bond donors (Lipinski definition) is 2. The molecule has 11 nitrogen and oxygen atoms in total. The third-order valence-corrected chi connectivity index (χ3v) is 11.1. The molecule has 1 spiro atoms. The van der Waals surface area contributed by atoms with E-state index in [0.29, 0.717) is 49.1 Å². The Bertz CT molecular complexity index is 1710. The molecule has 2 aliphatic rings. The van der Waals surface area contributed by atoms with E-state index in [4.69, 9.17) is 9.47 Å². The molecule has 0 saturated carbocycles. The number of sulfone groups is 1. The highest BCUT2D eigenvalue weighted by molar-refractivity contribution is 7.90. The van der Waals surface area contributed by atoms with E-state index >= 15 is 0 Å². The fourth-order valence-electron chi connectivity index (χ4n) is 5.71. The van der Waals surface area contributed by atoms with Crippen LogP contribution in [0.5, 0.6) is 5.75 Å². The predicted molar refractivity (Wildman–Crippen MR) is 158 cm³/mol. The summed E-state index contributed by atoms with van der Waals surface area (Å²) >= 11 is 0. The topological polar surface area (TPSA) is 144 Å². The standard InChI is InChI=1S/C29H37N3O8S2/c1-3-31-18-27(28(34)25-9-4-5-10-26(25)31)42(37,38)32-13-11-29(12-14-32)16-21(19-40-29)30-17-22(33)20-39-23-7-6-8-24(15-23)41(2,35)36/h4-10,15,18,21-22,30,33H,3,11-14,16-17,19-20H2,1-2H3/t21-,22-/m0/s1. The van der Waals surface area contributed by atoms with Crippen molar-refractivity contribution in [3.63, 3.8) is 0 Å². The molecule has 1 aromatic heterocycles. The van der Waals surface area contributed by atoms with Crippen molar-refractivity contribution in [3.8, 4) is 5.75 Å². The predicted octanol–water partition coefficient (Wildman–Crippen LogP) is 1.77. The number of rotatable bonds is 10. The van der Waals surface area contributed by atoms with Crippen molar-refractivity contribution < 1.29 is 31.4 Å². The van der Waals surface area contributed by atoms with Gasteiger partial charge in [0.1, 0.15) is 23.4 Å². The molecule has 42 heavy (non-hydrogen) atoms. The van der Waals surface area contributed by atoms with Crippen LogP contribution in [0.4, 0.5) is 0 Å². The first-order valence-electron chi connectivity index (χ1n) is 14.0. The van der Waals surface area contributed by atoms with Gasteiger partial charge in [-0.25, -0.2) is 16.8 Å². The van der Waals surface area contributed by atoms with E-state index in [-0.39, 0.29) is 42.1 Å². The fraction of sp³-hybridized carbons (Fsp3) is 0.483. The van der Waals surface area contributed by atoms with Crippen LogP contribution in [-0.4, -0.2) is 87.7 Å². The number of pyridine rings is 1. The molecular formula is C29H37N3O8S2. The first-order chi connectivity index (χ1) is 19.9. The summed E-state index contributed by atoms with van der Waals surface area (Å²) in [5.41, 5.74) is -0.246. The fourth-order valence-corrected chi connectivity index (χ4v) is 7.91. The molecule has 0 bridgehead atoms. The van der Waals surface area contributed by atoms with Gasteiger partial charge < -0.3 is 24.5 Å². The van der Waals surface area contributed by atoms with Crippen molar-refractivity contribution in [1.82, 2.24) is 14.2 Å². The average molecular weight is 620 g/mol. The number of hydrogen-bond acceptors (Lipinski definition) is 9. The lowest BCUT2D eigenvalue weighted by atomic mass is 9.88. The highest BCUT2D eigenvalue weighted by atomic mass is 32.2. The molecule has 3 aromatic rings. The number of nitrogens with zero attached hydrogens (tertiary/aromatic N) is 2. The molecule has 2 saturated heterocycles. The van der Waals surface area contributed by atoms with Gasteiger partial charge in [-0.05, 0) is 56.5 Å². The minimum absolute atomic E-state index is 0.0136. The number of ether oxygens (including phenoxy) is 2. The Kier molecular flexibility index (Phi) is 8.80. The zero-order chi connectivity index (χ0) is 30.1. The Balaban J connectivity index is 1.15. The van der Waals surface area contributed by atoms with Crippen LogP contribution < -0.4 is 15.5 Å². The number of para-hydroxylation sites is 1. The van der Waals surface area contributed by atoms with E-state index in [1.165, 1.54) is 22.6 Å².